The average molecular weight is 247 g/mol. The number of anilines is 1. The largest absolute Gasteiger partial charge is 0.398 e. The summed E-state index contributed by atoms with van der Waals surface area (Å²) in [7, 11) is 0. The van der Waals surface area contributed by atoms with Crippen LogP contribution in [0.5, 0.6) is 0 Å². The number of fused-ring (bicyclic) bond motifs is 1. The first-order valence-corrected chi connectivity index (χ1v) is 6.21. The van der Waals surface area contributed by atoms with Gasteiger partial charge in [-0.15, -0.1) is 0 Å². The molecule has 3 rings (SSSR count). The van der Waals surface area contributed by atoms with Gasteiger partial charge in [0.05, 0.1) is 5.56 Å². The van der Waals surface area contributed by atoms with Crippen LogP contribution in [0.15, 0.2) is 67.4 Å². The molecule has 19 heavy (non-hydrogen) atoms. The van der Waals surface area contributed by atoms with Gasteiger partial charge in [-0.3, -0.25) is 0 Å². The van der Waals surface area contributed by atoms with Gasteiger partial charge in [-0.25, -0.2) is 0 Å². The fourth-order valence-corrected chi connectivity index (χ4v) is 2.40. The van der Waals surface area contributed by atoms with Crippen molar-refractivity contribution in [3.63, 3.8) is 0 Å². The normalized spacial score (nSPS) is 10.5. The minimum Gasteiger partial charge on any atom is -0.398 e. The van der Waals surface area contributed by atoms with Gasteiger partial charge in [0.25, 0.3) is 0 Å². The van der Waals surface area contributed by atoms with Gasteiger partial charge in [0, 0.05) is 17.8 Å². The van der Waals surface area contributed by atoms with Gasteiger partial charge in [-0.2, -0.15) is 4.57 Å². The van der Waals surface area contributed by atoms with Crippen LogP contribution in [0.4, 0.5) is 5.69 Å². The molecule has 0 aliphatic rings. The molecular formula is C17H15N2+. The van der Waals surface area contributed by atoms with E-state index in [0.29, 0.717) is 0 Å². The summed E-state index contributed by atoms with van der Waals surface area (Å²) < 4.78 is 1.98. The van der Waals surface area contributed by atoms with Crippen LogP contribution < -0.4 is 10.3 Å². The maximum atomic E-state index is 6.19. The summed E-state index contributed by atoms with van der Waals surface area (Å²) in [5, 5.41) is 2.34. The van der Waals surface area contributed by atoms with Crippen molar-refractivity contribution in [1.82, 2.24) is 0 Å². The van der Waals surface area contributed by atoms with Crippen molar-refractivity contribution >= 4 is 22.7 Å². The summed E-state index contributed by atoms with van der Waals surface area (Å²) in [6.45, 7) is 3.85. The lowest BCUT2D eigenvalue weighted by Crippen LogP contribution is -2.28. The third-order valence-electron chi connectivity index (χ3n) is 3.30. The highest BCUT2D eigenvalue weighted by molar-refractivity contribution is 6.00. The van der Waals surface area contributed by atoms with E-state index in [-0.39, 0.29) is 0 Å². The lowest BCUT2D eigenvalue weighted by molar-refractivity contribution is -0.555. The van der Waals surface area contributed by atoms with Gasteiger partial charge in [-0.05, 0) is 29.5 Å². The molecule has 0 atom stereocenters. The lowest BCUT2D eigenvalue weighted by Gasteiger charge is -2.08. The first kappa shape index (κ1) is 11.5. The quantitative estimate of drug-likeness (QED) is 0.545. The summed E-state index contributed by atoms with van der Waals surface area (Å²) in [4.78, 5) is 0. The maximum Gasteiger partial charge on any atom is 0.220 e. The standard InChI is InChI=1S/C17H14N2/c1-2-19-12-6-5-9-16(19)17-14-8-4-3-7-13(14)10-11-15(17)18/h2-12,18H,1H2/p+1. The number of pyridine rings is 1. The molecule has 0 fully saturated rings. The van der Waals surface area contributed by atoms with Gasteiger partial charge in [0.2, 0.25) is 5.69 Å². The van der Waals surface area contributed by atoms with Crippen molar-refractivity contribution in [1.29, 1.82) is 0 Å². The molecule has 0 bridgehead atoms. The summed E-state index contributed by atoms with van der Waals surface area (Å²) in [6.07, 6.45) is 3.76. The van der Waals surface area contributed by atoms with Gasteiger partial charge in [0.1, 0.15) is 0 Å². The molecule has 2 heteroatoms. The molecule has 2 N–H and O–H groups in total. The predicted molar refractivity (Wildman–Crippen MR) is 80.4 cm³/mol. The second kappa shape index (κ2) is 4.58. The topological polar surface area (TPSA) is 29.9 Å². The number of hydrogen-bond acceptors (Lipinski definition) is 1. The number of nitrogens with two attached hydrogens (primary N) is 1. The van der Waals surface area contributed by atoms with Crippen LogP contribution in [0, 0.1) is 0 Å². The number of nitrogens with zero attached hydrogens (tertiary/aromatic N) is 1. The molecular weight excluding hydrogens is 232 g/mol. The van der Waals surface area contributed by atoms with Crippen molar-refractivity contribution in [2.45, 2.75) is 0 Å². The van der Waals surface area contributed by atoms with Crippen molar-refractivity contribution in [2.75, 3.05) is 5.73 Å². The monoisotopic (exact) mass is 247 g/mol. The van der Waals surface area contributed by atoms with Crippen LogP contribution >= 0.6 is 0 Å². The molecule has 0 aliphatic carbocycles. The highest BCUT2D eigenvalue weighted by Crippen LogP contribution is 2.31. The number of benzene rings is 2. The van der Waals surface area contributed by atoms with Crippen LogP contribution in [0.25, 0.3) is 28.2 Å². The number of rotatable bonds is 2. The Balaban J connectivity index is 2.42. The SMILES string of the molecule is C=C[n+]1ccccc1-c1c(N)ccc2ccccc12. The van der Waals surface area contributed by atoms with Crippen LogP contribution in [-0.4, -0.2) is 0 Å². The molecule has 3 aromatic rings. The summed E-state index contributed by atoms with van der Waals surface area (Å²) >= 11 is 0. The second-order valence-corrected chi connectivity index (χ2v) is 4.43. The van der Waals surface area contributed by atoms with Crippen molar-refractivity contribution < 1.29 is 4.57 Å². The van der Waals surface area contributed by atoms with E-state index >= 15 is 0 Å². The van der Waals surface area contributed by atoms with Crippen LogP contribution in [0.3, 0.4) is 0 Å². The third-order valence-corrected chi connectivity index (χ3v) is 3.30. The number of aromatic nitrogens is 1. The zero-order valence-electron chi connectivity index (χ0n) is 10.6. The number of nitrogen functional groups attached to an aromatic ring is 1. The summed E-state index contributed by atoms with van der Waals surface area (Å²) in [6, 6.07) is 18.3. The Kier molecular flexibility index (Phi) is 2.76. The summed E-state index contributed by atoms with van der Waals surface area (Å²) in [5.41, 5.74) is 9.08. The highest BCUT2D eigenvalue weighted by atomic mass is 14.9. The Hall–Kier alpha value is -2.61. The zero-order valence-corrected chi connectivity index (χ0v) is 10.6. The van der Waals surface area contributed by atoms with Gasteiger partial charge in [-0.1, -0.05) is 30.3 Å². The Morgan fingerprint density at radius 1 is 0.947 bits per heavy atom. The van der Waals surface area contributed by atoms with Gasteiger partial charge < -0.3 is 5.73 Å². The smallest absolute Gasteiger partial charge is 0.220 e. The van der Waals surface area contributed by atoms with E-state index in [1.54, 1.807) is 6.20 Å². The van der Waals surface area contributed by atoms with Gasteiger partial charge in [0.15, 0.2) is 12.4 Å². The van der Waals surface area contributed by atoms with E-state index in [4.69, 9.17) is 5.73 Å². The average Bonchev–Trinajstić information content (AvgIpc) is 2.47. The fourth-order valence-electron chi connectivity index (χ4n) is 2.40. The van der Waals surface area contributed by atoms with Crippen LogP contribution in [-0.2, 0) is 0 Å². The Bertz CT molecular complexity index is 760. The molecule has 0 spiro atoms. The fraction of sp³-hybridized carbons (Fsp3) is 0. The van der Waals surface area contributed by atoms with Crippen molar-refractivity contribution in [3.8, 4) is 11.3 Å². The van der Waals surface area contributed by atoms with E-state index < -0.39 is 0 Å². The third kappa shape index (κ3) is 1.87. The van der Waals surface area contributed by atoms with Crippen molar-refractivity contribution in [3.05, 3.63) is 67.4 Å². The van der Waals surface area contributed by atoms with E-state index in [1.165, 1.54) is 5.39 Å². The summed E-state index contributed by atoms with van der Waals surface area (Å²) in [5.74, 6) is 0. The lowest BCUT2D eigenvalue weighted by atomic mass is 9.99. The minimum atomic E-state index is 0.778. The predicted octanol–water partition coefficient (Wildman–Crippen LogP) is 3.48. The molecule has 1 aromatic heterocycles. The minimum absolute atomic E-state index is 0.778. The molecule has 0 saturated heterocycles. The number of hydrogen-bond donors (Lipinski definition) is 1. The molecule has 92 valence electrons. The van der Waals surface area contributed by atoms with E-state index in [9.17, 15) is 0 Å². The molecule has 1 heterocycles. The molecule has 0 radical (unpaired) electrons. The van der Waals surface area contributed by atoms with Crippen LogP contribution in [0.2, 0.25) is 0 Å². The maximum absolute atomic E-state index is 6.19. The Morgan fingerprint density at radius 2 is 1.74 bits per heavy atom. The van der Waals surface area contributed by atoms with Crippen LogP contribution in [0.1, 0.15) is 0 Å². The van der Waals surface area contributed by atoms with E-state index in [1.807, 2.05) is 41.1 Å². The van der Waals surface area contributed by atoms with E-state index in [2.05, 4.69) is 30.8 Å². The van der Waals surface area contributed by atoms with E-state index in [0.717, 1.165) is 22.3 Å². The highest BCUT2D eigenvalue weighted by Gasteiger charge is 2.16. The zero-order chi connectivity index (χ0) is 13.2. The second-order valence-electron chi connectivity index (χ2n) is 4.43. The Morgan fingerprint density at radius 3 is 2.58 bits per heavy atom. The molecule has 0 unspecified atom stereocenters. The first-order chi connectivity index (χ1) is 9.31. The molecule has 0 aliphatic heterocycles. The Labute approximate surface area is 112 Å². The molecule has 2 nitrogen and oxygen atoms in total. The van der Waals surface area contributed by atoms with Gasteiger partial charge >= 0.3 is 0 Å². The molecule has 0 saturated carbocycles. The molecule has 0 amide bonds. The van der Waals surface area contributed by atoms with Crippen molar-refractivity contribution in [2.24, 2.45) is 0 Å². The first-order valence-electron chi connectivity index (χ1n) is 6.21. The molecule has 2 aromatic carbocycles.